The average molecular weight is 323 g/mol. The Morgan fingerprint density at radius 1 is 1.27 bits per heavy atom. The third kappa shape index (κ3) is 5.29. The second kappa shape index (κ2) is 8.53. The molecule has 1 aliphatic rings. The van der Waals surface area contributed by atoms with Crippen LogP contribution in [0, 0.1) is 0 Å². The smallest absolute Gasteiger partial charge is 0.191 e. The number of thiophene rings is 1. The molecule has 0 aromatic carbocycles. The van der Waals surface area contributed by atoms with Crippen molar-refractivity contribution < 1.29 is 0 Å². The van der Waals surface area contributed by atoms with Crippen LogP contribution >= 0.6 is 11.3 Å². The number of piperidine rings is 1. The van der Waals surface area contributed by atoms with E-state index in [2.05, 4.69) is 53.8 Å². The van der Waals surface area contributed by atoms with E-state index in [1.54, 1.807) is 11.3 Å². The standard InChI is InChI=1S/C17H30N4S/c1-4-18-16(19-13-15-9-8-12-22-15)20-14-17(2,3)21-10-6-5-7-11-21/h8-9,12H,4-7,10-11,13-14H2,1-3H3,(H2,18,19,20). The maximum absolute atomic E-state index is 4.69. The van der Waals surface area contributed by atoms with Gasteiger partial charge in [0.15, 0.2) is 5.96 Å². The van der Waals surface area contributed by atoms with E-state index in [4.69, 9.17) is 4.99 Å². The number of nitrogens with zero attached hydrogens (tertiary/aromatic N) is 2. The third-order valence-corrected chi connectivity index (χ3v) is 5.08. The fraction of sp³-hybridized carbons (Fsp3) is 0.706. The van der Waals surface area contributed by atoms with Gasteiger partial charge in [0.25, 0.3) is 0 Å². The van der Waals surface area contributed by atoms with Gasteiger partial charge in [-0.25, -0.2) is 4.99 Å². The molecule has 5 heteroatoms. The summed E-state index contributed by atoms with van der Waals surface area (Å²) >= 11 is 1.76. The molecule has 2 heterocycles. The molecule has 2 N–H and O–H groups in total. The zero-order chi connectivity index (χ0) is 15.8. The molecule has 1 saturated heterocycles. The lowest BCUT2D eigenvalue weighted by atomic mass is 9.98. The van der Waals surface area contributed by atoms with Crippen molar-refractivity contribution in [2.45, 2.75) is 52.1 Å². The Balaban J connectivity index is 1.88. The van der Waals surface area contributed by atoms with Gasteiger partial charge in [0.05, 0.1) is 6.54 Å². The van der Waals surface area contributed by atoms with Gasteiger partial charge in [-0.1, -0.05) is 12.5 Å². The lowest BCUT2D eigenvalue weighted by Crippen LogP contribution is -2.54. The van der Waals surface area contributed by atoms with E-state index in [0.29, 0.717) is 0 Å². The van der Waals surface area contributed by atoms with E-state index >= 15 is 0 Å². The molecule has 0 spiro atoms. The van der Waals surface area contributed by atoms with E-state index in [-0.39, 0.29) is 5.54 Å². The van der Waals surface area contributed by atoms with E-state index < -0.39 is 0 Å². The third-order valence-electron chi connectivity index (χ3n) is 4.22. The molecule has 22 heavy (non-hydrogen) atoms. The van der Waals surface area contributed by atoms with Crippen molar-refractivity contribution in [3.63, 3.8) is 0 Å². The molecule has 1 aliphatic heterocycles. The molecule has 1 fully saturated rings. The van der Waals surface area contributed by atoms with Crippen molar-refractivity contribution in [3.8, 4) is 0 Å². The summed E-state index contributed by atoms with van der Waals surface area (Å²) in [6.45, 7) is 11.8. The number of guanidine groups is 1. The van der Waals surface area contributed by atoms with E-state index in [1.165, 1.54) is 37.2 Å². The van der Waals surface area contributed by atoms with Crippen molar-refractivity contribution in [1.82, 2.24) is 15.5 Å². The topological polar surface area (TPSA) is 39.7 Å². The zero-order valence-electron chi connectivity index (χ0n) is 14.2. The summed E-state index contributed by atoms with van der Waals surface area (Å²) in [6.07, 6.45) is 4.04. The summed E-state index contributed by atoms with van der Waals surface area (Å²) in [5.74, 6) is 0.918. The minimum atomic E-state index is 0.166. The van der Waals surface area contributed by atoms with Crippen LogP contribution in [-0.4, -0.2) is 42.6 Å². The fourth-order valence-electron chi connectivity index (χ4n) is 2.81. The van der Waals surface area contributed by atoms with Gasteiger partial charge < -0.3 is 10.6 Å². The molecule has 1 aromatic heterocycles. The van der Waals surface area contributed by atoms with Crippen LogP contribution in [0.15, 0.2) is 22.5 Å². The first-order valence-electron chi connectivity index (χ1n) is 8.41. The molecule has 0 unspecified atom stereocenters. The molecule has 2 rings (SSSR count). The molecule has 124 valence electrons. The zero-order valence-corrected chi connectivity index (χ0v) is 15.0. The number of aliphatic imine (C=N–C) groups is 1. The molecule has 0 radical (unpaired) electrons. The summed E-state index contributed by atoms with van der Waals surface area (Å²) in [5, 5.41) is 8.97. The van der Waals surface area contributed by atoms with Crippen LogP contribution in [0.3, 0.4) is 0 Å². The number of hydrogen-bond acceptors (Lipinski definition) is 3. The van der Waals surface area contributed by atoms with Crippen LogP contribution < -0.4 is 10.6 Å². The maximum Gasteiger partial charge on any atom is 0.191 e. The van der Waals surface area contributed by atoms with Gasteiger partial charge in [-0.05, 0) is 58.1 Å². The van der Waals surface area contributed by atoms with E-state index in [1.807, 2.05) is 0 Å². The normalized spacial score (nSPS) is 17.5. The molecule has 0 aliphatic carbocycles. The molecule has 0 bridgehead atoms. The van der Waals surface area contributed by atoms with Crippen LogP contribution in [0.4, 0.5) is 0 Å². The van der Waals surface area contributed by atoms with Crippen molar-refractivity contribution in [2.75, 3.05) is 26.2 Å². The van der Waals surface area contributed by atoms with Crippen molar-refractivity contribution in [3.05, 3.63) is 22.4 Å². The van der Waals surface area contributed by atoms with Gasteiger partial charge in [0.2, 0.25) is 0 Å². The van der Waals surface area contributed by atoms with Crippen molar-refractivity contribution in [2.24, 2.45) is 4.99 Å². The van der Waals surface area contributed by atoms with Gasteiger partial charge in [-0.15, -0.1) is 11.3 Å². The minimum Gasteiger partial charge on any atom is -0.357 e. The van der Waals surface area contributed by atoms with Gasteiger partial charge in [-0.2, -0.15) is 0 Å². The first kappa shape index (κ1) is 17.3. The first-order valence-corrected chi connectivity index (χ1v) is 9.29. The Labute approximate surface area is 139 Å². The summed E-state index contributed by atoms with van der Waals surface area (Å²) in [6, 6.07) is 4.21. The lowest BCUT2D eigenvalue weighted by Gasteiger charge is -2.41. The SMILES string of the molecule is CCNC(=NCc1cccs1)NCC(C)(C)N1CCCCC1. The predicted molar refractivity (Wildman–Crippen MR) is 96.6 cm³/mol. The van der Waals surface area contributed by atoms with Crippen molar-refractivity contribution in [1.29, 1.82) is 0 Å². The average Bonchev–Trinajstić information content (AvgIpc) is 3.04. The summed E-state index contributed by atoms with van der Waals surface area (Å²) in [4.78, 5) is 8.59. The van der Waals surface area contributed by atoms with Crippen LogP contribution in [0.1, 0.15) is 44.9 Å². The Bertz CT molecular complexity index is 447. The number of hydrogen-bond donors (Lipinski definition) is 2. The molecule has 1 aromatic rings. The molecule has 0 atom stereocenters. The van der Waals surface area contributed by atoms with E-state index in [0.717, 1.165) is 25.6 Å². The Morgan fingerprint density at radius 2 is 2.05 bits per heavy atom. The predicted octanol–water partition coefficient (Wildman–Crippen LogP) is 3.07. The van der Waals surface area contributed by atoms with Crippen molar-refractivity contribution >= 4 is 17.3 Å². The number of nitrogens with one attached hydrogen (secondary N) is 2. The van der Waals surface area contributed by atoms with Gasteiger partial charge in [0, 0.05) is 23.5 Å². The van der Waals surface area contributed by atoms with Crippen LogP contribution in [0.25, 0.3) is 0 Å². The second-order valence-corrected chi connectivity index (χ2v) is 7.52. The van der Waals surface area contributed by atoms with Crippen LogP contribution in [-0.2, 0) is 6.54 Å². The minimum absolute atomic E-state index is 0.166. The van der Waals surface area contributed by atoms with Gasteiger partial charge >= 0.3 is 0 Å². The van der Waals surface area contributed by atoms with Gasteiger partial charge in [-0.3, -0.25) is 4.90 Å². The number of rotatable bonds is 6. The van der Waals surface area contributed by atoms with Crippen LogP contribution in [0.5, 0.6) is 0 Å². The molecule has 0 saturated carbocycles. The van der Waals surface area contributed by atoms with Gasteiger partial charge in [0.1, 0.15) is 0 Å². The second-order valence-electron chi connectivity index (χ2n) is 6.49. The molecular weight excluding hydrogens is 292 g/mol. The molecule has 4 nitrogen and oxygen atoms in total. The van der Waals surface area contributed by atoms with Crippen LogP contribution in [0.2, 0.25) is 0 Å². The summed E-state index contributed by atoms with van der Waals surface area (Å²) < 4.78 is 0. The largest absolute Gasteiger partial charge is 0.357 e. The fourth-order valence-corrected chi connectivity index (χ4v) is 3.44. The number of likely N-dealkylation sites (tertiary alicyclic amines) is 1. The van der Waals surface area contributed by atoms with E-state index in [9.17, 15) is 0 Å². The first-order chi connectivity index (χ1) is 10.6. The quantitative estimate of drug-likeness (QED) is 0.624. The highest BCUT2D eigenvalue weighted by molar-refractivity contribution is 7.09. The highest BCUT2D eigenvalue weighted by Gasteiger charge is 2.27. The Hall–Kier alpha value is -1.07. The summed E-state index contributed by atoms with van der Waals surface area (Å²) in [5.41, 5.74) is 0.166. The highest BCUT2D eigenvalue weighted by Crippen LogP contribution is 2.19. The Morgan fingerprint density at radius 3 is 2.68 bits per heavy atom. The summed E-state index contributed by atoms with van der Waals surface area (Å²) in [7, 11) is 0. The monoisotopic (exact) mass is 322 g/mol. The maximum atomic E-state index is 4.69. The lowest BCUT2D eigenvalue weighted by molar-refractivity contribution is 0.0982. The Kier molecular flexibility index (Phi) is 6.70. The molecule has 0 amide bonds. The highest BCUT2D eigenvalue weighted by atomic mass is 32.1. The molecular formula is C17H30N4S.